The third-order valence-electron chi connectivity index (χ3n) is 5.67. The van der Waals surface area contributed by atoms with Gasteiger partial charge in [0.1, 0.15) is 11.6 Å². The number of carbonyl (C=O) groups excluding carboxylic acids is 1. The van der Waals surface area contributed by atoms with Crippen LogP contribution in [0.25, 0.3) is 0 Å². The number of aryl methyl sites for hydroxylation is 1. The Kier molecular flexibility index (Phi) is 5.80. The van der Waals surface area contributed by atoms with Crippen LogP contribution in [0, 0.1) is 12.3 Å². The summed E-state index contributed by atoms with van der Waals surface area (Å²) in [6.45, 7) is 10.5. The fourth-order valence-electron chi connectivity index (χ4n) is 4.24. The number of hydrogen-bond donors (Lipinski definition) is 0. The summed E-state index contributed by atoms with van der Waals surface area (Å²) in [5, 5.41) is 0. The SMILES string of the molecule is COCCN1CC2(CCCN(c3cc(C)nc(C(C)C)n3)C2)CCC1=O. The van der Waals surface area contributed by atoms with Gasteiger partial charge in [0, 0.05) is 62.8 Å². The highest BCUT2D eigenvalue weighted by Gasteiger charge is 2.42. The first-order chi connectivity index (χ1) is 12.4. The van der Waals surface area contributed by atoms with Crippen LogP contribution in [0.2, 0.25) is 0 Å². The van der Waals surface area contributed by atoms with Crippen molar-refractivity contribution in [2.75, 3.05) is 44.8 Å². The molecule has 0 aromatic carbocycles. The van der Waals surface area contributed by atoms with E-state index < -0.39 is 0 Å². The molecule has 3 rings (SSSR count). The summed E-state index contributed by atoms with van der Waals surface area (Å²) in [4.78, 5) is 26.1. The minimum Gasteiger partial charge on any atom is -0.383 e. The van der Waals surface area contributed by atoms with Gasteiger partial charge in [-0.3, -0.25) is 4.79 Å². The maximum Gasteiger partial charge on any atom is 0.222 e. The van der Waals surface area contributed by atoms with Crippen LogP contribution in [0.3, 0.4) is 0 Å². The minimum atomic E-state index is 0.177. The molecular formula is C20H32N4O2. The lowest BCUT2D eigenvalue weighted by atomic mass is 9.73. The Hall–Kier alpha value is -1.69. The highest BCUT2D eigenvalue weighted by atomic mass is 16.5. The summed E-state index contributed by atoms with van der Waals surface area (Å²) >= 11 is 0. The molecule has 1 spiro atoms. The number of nitrogens with zero attached hydrogens (tertiary/aromatic N) is 4. The number of aromatic nitrogens is 2. The van der Waals surface area contributed by atoms with Gasteiger partial charge in [0.25, 0.3) is 0 Å². The molecule has 3 heterocycles. The Morgan fingerprint density at radius 2 is 2.08 bits per heavy atom. The first-order valence-electron chi connectivity index (χ1n) is 9.80. The fourth-order valence-corrected chi connectivity index (χ4v) is 4.24. The van der Waals surface area contributed by atoms with Crippen LogP contribution >= 0.6 is 0 Å². The summed E-state index contributed by atoms with van der Waals surface area (Å²) in [5.74, 6) is 2.55. The molecule has 2 fully saturated rings. The van der Waals surface area contributed by atoms with Crippen molar-refractivity contribution in [2.45, 2.75) is 52.4 Å². The van der Waals surface area contributed by atoms with E-state index in [4.69, 9.17) is 9.72 Å². The van der Waals surface area contributed by atoms with Crippen molar-refractivity contribution in [3.8, 4) is 0 Å². The van der Waals surface area contributed by atoms with Gasteiger partial charge < -0.3 is 14.5 Å². The molecule has 6 nitrogen and oxygen atoms in total. The predicted octanol–water partition coefficient (Wildman–Crippen LogP) is 2.76. The van der Waals surface area contributed by atoms with E-state index in [1.165, 1.54) is 6.42 Å². The zero-order valence-corrected chi connectivity index (χ0v) is 16.6. The molecule has 1 atom stereocenters. The van der Waals surface area contributed by atoms with E-state index in [2.05, 4.69) is 29.8 Å². The second-order valence-electron chi connectivity index (χ2n) is 8.21. The van der Waals surface area contributed by atoms with Gasteiger partial charge in [-0.25, -0.2) is 9.97 Å². The number of likely N-dealkylation sites (tertiary alicyclic amines) is 1. The molecule has 144 valence electrons. The van der Waals surface area contributed by atoms with Crippen LogP contribution in [0.1, 0.15) is 57.0 Å². The van der Waals surface area contributed by atoms with Crippen molar-refractivity contribution in [1.29, 1.82) is 0 Å². The molecular weight excluding hydrogens is 328 g/mol. The molecule has 0 aliphatic carbocycles. The second kappa shape index (κ2) is 7.91. The van der Waals surface area contributed by atoms with E-state index in [0.717, 1.165) is 49.8 Å². The molecule has 1 aromatic rings. The molecule has 0 N–H and O–H groups in total. The summed E-state index contributed by atoms with van der Waals surface area (Å²) in [6, 6.07) is 2.10. The molecule has 1 unspecified atom stereocenters. The number of hydrogen-bond acceptors (Lipinski definition) is 5. The van der Waals surface area contributed by atoms with Gasteiger partial charge in [-0.05, 0) is 26.2 Å². The van der Waals surface area contributed by atoms with Crippen molar-refractivity contribution in [3.63, 3.8) is 0 Å². The minimum absolute atomic E-state index is 0.177. The molecule has 2 aliphatic rings. The molecule has 6 heteroatoms. The Morgan fingerprint density at radius 3 is 2.81 bits per heavy atom. The van der Waals surface area contributed by atoms with Crippen LogP contribution in [0.15, 0.2) is 6.07 Å². The lowest BCUT2D eigenvalue weighted by Gasteiger charge is -2.48. The normalized spacial score (nSPS) is 24.0. The highest BCUT2D eigenvalue weighted by molar-refractivity contribution is 5.77. The van der Waals surface area contributed by atoms with Gasteiger partial charge >= 0.3 is 0 Å². The van der Waals surface area contributed by atoms with Gasteiger partial charge in [-0.2, -0.15) is 0 Å². The number of methoxy groups -OCH3 is 1. The van der Waals surface area contributed by atoms with E-state index >= 15 is 0 Å². The monoisotopic (exact) mass is 360 g/mol. The smallest absolute Gasteiger partial charge is 0.222 e. The first-order valence-corrected chi connectivity index (χ1v) is 9.80. The Bertz CT molecular complexity index is 649. The molecule has 2 saturated heterocycles. The van der Waals surface area contributed by atoms with E-state index in [1.807, 2.05) is 11.8 Å². The van der Waals surface area contributed by atoms with Crippen molar-refractivity contribution in [1.82, 2.24) is 14.9 Å². The van der Waals surface area contributed by atoms with Gasteiger partial charge in [-0.15, -0.1) is 0 Å². The molecule has 1 amide bonds. The summed E-state index contributed by atoms with van der Waals surface area (Å²) in [6.07, 6.45) is 3.96. The second-order valence-corrected chi connectivity index (χ2v) is 8.21. The molecule has 2 aliphatic heterocycles. The first kappa shape index (κ1) is 19.1. The predicted molar refractivity (Wildman–Crippen MR) is 102 cm³/mol. The number of piperidine rings is 2. The number of amides is 1. The maximum absolute atomic E-state index is 12.3. The fraction of sp³-hybridized carbons (Fsp3) is 0.750. The number of rotatable bonds is 5. The van der Waals surface area contributed by atoms with E-state index in [0.29, 0.717) is 25.5 Å². The Balaban J connectivity index is 1.77. The third kappa shape index (κ3) is 4.17. The van der Waals surface area contributed by atoms with Crippen LogP contribution < -0.4 is 4.90 Å². The summed E-state index contributed by atoms with van der Waals surface area (Å²) < 4.78 is 5.19. The maximum atomic E-state index is 12.3. The van der Waals surface area contributed by atoms with Crippen LogP contribution in [-0.2, 0) is 9.53 Å². The summed E-state index contributed by atoms with van der Waals surface area (Å²) in [5.41, 5.74) is 1.20. The van der Waals surface area contributed by atoms with E-state index in [-0.39, 0.29) is 11.3 Å². The molecule has 0 radical (unpaired) electrons. The zero-order chi connectivity index (χ0) is 18.7. The molecule has 26 heavy (non-hydrogen) atoms. The summed E-state index contributed by atoms with van der Waals surface area (Å²) in [7, 11) is 1.69. The van der Waals surface area contributed by atoms with Gasteiger partial charge in [-0.1, -0.05) is 13.8 Å². The lowest BCUT2D eigenvalue weighted by molar-refractivity contribution is -0.138. The average molecular weight is 361 g/mol. The van der Waals surface area contributed by atoms with Crippen molar-refractivity contribution < 1.29 is 9.53 Å². The van der Waals surface area contributed by atoms with E-state index in [9.17, 15) is 4.79 Å². The lowest BCUT2D eigenvalue weighted by Crippen LogP contribution is -2.54. The Labute approximate surface area is 156 Å². The van der Waals surface area contributed by atoms with Gasteiger partial charge in [0.2, 0.25) is 5.91 Å². The van der Waals surface area contributed by atoms with Crippen LogP contribution in [0.4, 0.5) is 5.82 Å². The molecule has 0 saturated carbocycles. The third-order valence-corrected chi connectivity index (χ3v) is 5.67. The average Bonchev–Trinajstić information content (AvgIpc) is 2.62. The number of anilines is 1. The standard InChI is InChI=1S/C20H32N4O2/c1-15(2)19-21-16(3)12-17(22-19)23-9-5-7-20(13-23)8-6-18(25)24(14-20)10-11-26-4/h12,15H,5-11,13-14H2,1-4H3. The molecule has 1 aromatic heterocycles. The van der Waals surface area contributed by atoms with Crippen molar-refractivity contribution in [3.05, 3.63) is 17.6 Å². The van der Waals surface area contributed by atoms with Gasteiger partial charge in [0.15, 0.2) is 0 Å². The highest BCUT2D eigenvalue weighted by Crippen LogP contribution is 2.40. The van der Waals surface area contributed by atoms with Crippen LogP contribution in [-0.4, -0.2) is 60.7 Å². The Morgan fingerprint density at radius 1 is 1.27 bits per heavy atom. The topological polar surface area (TPSA) is 58.6 Å². The molecule has 0 bridgehead atoms. The largest absolute Gasteiger partial charge is 0.383 e. The zero-order valence-electron chi connectivity index (χ0n) is 16.6. The number of ether oxygens (including phenoxy) is 1. The number of carbonyl (C=O) groups is 1. The van der Waals surface area contributed by atoms with E-state index in [1.54, 1.807) is 7.11 Å². The van der Waals surface area contributed by atoms with Crippen LogP contribution in [0.5, 0.6) is 0 Å². The quantitative estimate of drug-likeness (QED) is 0.808. The van der Waals surface area contributed by atoms with Crippen molar-refractivity contribution >= 4 is 11.7 Å². The van der Waals surface area contributed by atoms with Gasteiger partial charge in [0.05, 0.1) is 6.61 Å². The van der Waals surface area contributed by atoms with Crippen molar-refractivity contribution in [2.24, 2.45) is 5.41 Å².